The van der Waals surface area contributed by atoms with Crippen molar-refractivity contribution in [3.8, 4) is 11.6 Å². The van der Waals surface area contributed by atoms with E-state index < -0.39 is 0 Å². The number of aromatic nitrogens is 1. The monoisotopic (exact) mass is 319 g/mol. The van der Waals surface area contributed by atoms with Crippen molar-refractivity contribution >= 4 is 15.9 Å². The van der Waals surface area contributed by atoms with Crippen LogP contribution in [0, 0.1) is 0 Å². The number of hydrogen-bond donors (Lipinski definition) is 0. The van der Waals surface area contributed by atoms with E-state index in [1.807, 2.05) is 30.5 Å². The Morgan fingerprint density at radius 3 is 2.95 bits per heavy atom. The first kappa shape index (κ1) is 12.5. The molecule has 0 bridgehead atoms. The summed E-state index contributed by atoms with van der Waals surface area (Å²) in [5.74, 6) is 1.60. The van der Waals surface area contributed by atoms with E-state index in [2.05, 4.69) is 27.0 Å². The average Bonchev–Trinajstić information content (AvgIpc) is 2.47. The molecule has 1 atom stereocenters. The van der Waals surface area contributed by atoms with Gasteiger partial charge in [-0.05, 0) is 42.7 Å². The molecule has 0 aliphatic carbocycles. The number of fused-ring (bicyclic) bond motifs is 1. The third-order valence-electron chi connectivity index (χ3n) is 3.31. The summed E-state index contributed by atoms with van der Waals surface area (Å²) in [5, 5.41) is 0. The lowest BCUT2D eigenvalue weighted by atomic mass is 9.98. The highest BCUT2D eigenvalue weighted by Crippen LogP contribution is 2.36. The highest BCUT2D eigenvalue weighted by atomic mass is 79.9. The number of pyridine rings is 1. The Bertz CT molecular complexity index is 583. The maximum Gasteiger partial charge on any atom is 0.212 e. The lowest BCUT2D eigenvalue weighted by Gasteiger charge is -2.26. The van der Waals surface area contributed by atoms with Crippen molar-refractivity contribution in [2.24, 2.45) is 0 Å². The lowest BCUT2D eigenvalue weighted by Crippen LogP contribution is -2.15. The number of hydrogen-bond acceptors (Lipinski definition) is 3. The van der Waals surface area contributed by atoms with Crippen LogP contribution in [0.5, 0.6) is 11.6 Å². The number of halogens is 1. The van der Waals surface area contributed by atoms with E-state index in [4.69, 9.17) is 9.47 Å². The molecule has 0 N–H and O–H groups in total. The number of nitrogens with zero attached hydrogens (tertiary/aromatic N) is 1. The van der Waals surface area contributed by atoms with Gasteiger partial charge in [0.1, 0.15) is 11.9 Å². The SMILES string of the molecule is COc1ccc(C2CCc3cc(Br)ccc3O2)cn1. The fraction of sp³-hybridized carbons (Fsp3) is 0.267. The Morgan fingerprint density at radius 2 is 2.21 bits per heavy atom. The second kappa shape index (κ2) is 5.21. The van der Waals surface area contributed by atoms with Crippen LogP contribution in [0.15, 0.2) is 41.0 Å². The topological polar surface area (TPSA) is 31.4 Å². The molecule has 4 heteroatoms. The summed E-state index contributed by atoms with van der Waals surface area (Å²) in [6.45, 7) is 0. The van der Waals surface area contributed by atoms with E-state index in [1.54, 1.807) is 7.11 Å². The number of benzene rings is 1. The average molecular weight is 320 g/mol. The van der Waals surface area contributed by atoms with Crippen LogP contribution in [0.2, 0.25) is 0 Å². The molecule has 98 valence electrons. The molecular weight excluding hydrogens is 306 g/mol. The molecule has 2 heterocycles. The van der Waals surface area contributed by atoms with Gasteiger partial charge in [0.05, 0.1) is 7.11 Å². The van der Waals surface area contributed by atoms with E-state index in [-0.39, 0.29) is 6.10 Å². The Balaban J connectivity index is 1.82. The first-order valence-electron chi connectivity index (χ1n) is 6.21. The molecular formula is C15H14BrNO2. The van der Waals surface area contributed by atoms with E-state index in [1.165, 1.54) is 5.56 Å². The third kappa shape index (κ3) is 2.59. The van der Waals surface area contributed by atoms with Crippen molar-refractivity contribution < 1.29 is 9.47 Å². The van der Waals surface area contributed by atoms with E-state index in [0.29, 0.717) is 5.88 Å². The standard InChI is InChI=1S/C15H14BrNO2/c1-18-15-7-3-11(9-17-15)14-5-2-10-8-12(16)4-6-13(10)19-14/h3-4,6-9,14H,2,5H2,1H3. The van der Waals surface area contributed by atoms with E-state index in [0.717, 1.165) is 28.6 Å². The molecule has 0 amide bonds. The second-order valence-corrected chi connectivity index (χ2v) is 5.45. The van der Waals surface area contributed by atoms with Gasteiger partial charge in [-0.1, -0.05) is 15.9 Å². The molecule has 2 aromatic rings. The molecule has 1 unspecified atom stereocenters. The molecule has 19 heavy (non-hydrogen) atoms. The number of aryl methyl sites for hydroxylation is 1. The minimum Gasteiger partial charge on any atom is -0.485 e. The van der Waals surface area contributed by atoms with Gasteiger partial charge in [0.15, 0.2) is 0 Å². The van der Waals surface area contributed by atoms with Crippen LogP contribution < -0.4 is 9.47 Å². The Labute approximate surface area is 120 Å². The summed E-state index contributed by atoms with van der Waals surface area (Å²) >= 11 is 3.49. The summed E-state index contributed by atoms with van der Waals surface area (Å²) in [7, 11) is 1.62. The first-order chi connectivity index (χ1) is 9.26. The summed E-state index contributed by atoms with van der Waals surface area (Å²) < 4.78 is 12.2. The maximum absolute atomic E-state index is 6.04. The summed E-state index contributed by atoms with van der Waals surface area (Å²) in [6, 6.07) is 10.0. The Kier molecular flexibility index (Phi) is 3.42. The van der Waals surface area contributed by atoms with Crippen LogP contribution in [0.3, 0.4) is 0 Å². The van der Waals surface area contributed by atoms with Gasteiger partial charge in [0, 0.05) is 22.3 Å². The van der Waals surface area contributed by atoms with Crippen molar-refractivity contribution in [2.45, 2.75) is 18.9 Å². The van der Waals surface area contributed by atoms with E-state index in [9.17, 15) is 0 Å². The van der Waals surface area contributed by atoms with Crippen molar-refractivity contribution in [3.05, 3.63) is 52.1 Å². The van der Waals surface area contributed by atoms with Crippen LogP contribution >= 0.6 is 15.9 Å². The highest BCUT2D eigenvalue weighted by molar-refractivity contribution is 9.10. The Hall–Kier alpha value is -1.55. The van der Waals surface area contributed by atoms with Crippen molar-refractivity contribution in [1.82, 2.24) is 4.98 Å². The summed E-state index contributed by atoms with van der Waals surface area (Å²) in [5.41, 5.74) is 2.35. The highest BCUT2D eigenvalue weighted by Gasteiger charge is 2.21. The van der Waals surface area contributed by atoms with Gasteiger partial charge in [0.25, 0.3) is 0 Å². The zero-order chi connectivity index (χ0) is 13.2. The van der Waals surface area contributed by atoms with Crippen molar-refractivity contribution in [3.63, 3.8) is 0 Å². The van der Waals surface area contributed by atoms with Crippen molar-refractivity contribution in [2.75, 3.05) is 7.11 Å². The van der Waals surface area contributed by atoms with Gasteiger partial charge in [-0.3, -0.25) is 0 Å². The normalized spacial score (nSPS) is 17.5. The fourth-order valence-corrected chi connectivity index (χ4v) is 2.70. The van der Waals surface area contributed by atoms with Gasteiger partial charge >= 0.3 is 0 Å². The molecule has 1 aliphatic rings. The smallest absolute Gasteiger partial charge is 0.212 e. The molecule has 1 aromatic carbocycles. The number of ether oxygens (including phenoxy) is 2. The minimum atomic E-state index is 0.0760. The maximum atomic E-state index is 6.04. The minimum absolute atomic E-state index is 0.0760. The van der Waals surface area contributed by atoms with Crippen LogP contribution in [0.4, 0.5) is 0 Å². The van der Waals surface area contributed by atoms with Gasteiger partial charge in [-0.2, -0.15) is 0 Å². The summed E-state index contributed by atoms with van der Waals surface area (Å²) in [4.78, 5) is 4.23. The van der Waals surface area contributed by atoms with Gasteiger partial charge in [-0.15, -0.1) is 0 Å². The molecule has 3 nitrogen and oxygen atoms in total. The molecule has 0 saturated heterocycles. The first-order valence-corrected chi connectivity index (χ1v) is 7.00. The lowest BCUT2D eigenvalue weighted by molar-refractivity contribution is 0.176. The molecule has 0 spiro atoms. The largest absolute Gasteiger partial charge is 0.485 e. The van der Waals surface area contributed by atoms with Crippen LogP contribution in [-0.4, -0.2) is 12.1 Å². The quantitative estimate of drug-likeness (QED) is 0.840. The van der Waals surface area contributed by atoms with Gasteiger partial charge < -0.3 is 9.47 Å². The predicted molar refractivity (Wildman–Crippen MR) is 76.6 cm³/mol. The van der Waals surface area contributed by atoms with Crippen LogP contribution in [0.25, 0.3) is 0 Å². The van der Waals surface area contributed by atoms with Crippen molar-refractivity contribution in [1.29, 1.82) is 0 Å². The zero-order valence-electron chi connectivity index (χ0n) is 10.6. The molecule has 1 aliphatic heterocycles. The van der Waals surface area contributed by atoms with Gasteiger partial charge in [-0.25, -0.2) is 4.98 Å². The van der Waals surface area contributed by atoms with Crippen LogP contribution in [0.1, 0.15) is 23.7 Å². The number of rotatable bonds is 2. The van der Waals surface area contributed by atoms with Crippen LogP contribution in [-0.2, 0) is 6.42 Å². The van der Waals surface area contributed by atoms with Gasteiger partial charge in [0.2, 0.25) is 5.88 Å². The molecule has 0 fully saturated rings. The molecule has 1 aromatic heterocycles. The fourth-order valence-electron chi connectivity index (χ4n) is 2.29. The molecule has 0 radical (unpaired) electrons. The number of methoxy groups -OCH3 is 1. The molecule has 3 rings (SSSR count). The van der Waals surface area contributed by atoms with E-state index >= 15 is 0 Å². The zero-order valence-corrected chi connectivity index (χ0v) is 12.2. The Morgan fingerprint density at radius 1 is 1.32 bits per heavy atom. The summed E-state index contributed by atoms with van der Waals surface area (Å²) in [6.07, 6.45) is 3.89. The molecule has 0 saturated carbocycles. The predicted octanol–water partition coefficient (Wildman–Crippen LogP) is 3.92. The third-order valence-corrected chi connectivity index (χ3v) is 3.80. The second-order valence-electron chi connectivity index (χ2n) is 4.53.